The van der Waals surface area contributed by atoms with Gasteiger partial charge in [-0.05, 0) is 42.5 Å². The summed E-state index contributed by atoms with van der Waals surface area (Å²) in [6.07, 6.45) is 0.938. The molecular weight excluding hydrogens is 361 g/mol. The Morgan fingerprint density at radius 1 is 1.04 bits per heavy atom. The van der Waals surface area contributed by atoms with Crippen LogP contribution in [0.5, 0.6) is 0 Å². The van der Waals surface area contributed by atoms with Crippen LogP contribution in [0.15, 0.2) is 48.5 Å². The van der Waals surface area contributed by atoms with Gasteiger partial charge in [0.2, 0.25) is 21.8 Å². The Morgan fingerprint density at radius 2 is 1.62 bits per heavy atom. The third kappa shape index (κ3) is 5.55. The first-order valence-corrected chi connectivity index (χ1v) is 9.41. The van der Waals surface area contributed by atoms with Crippen molar-refractivity contribution < 1.29 is 22.4 Å². The van der Waals surface area contributed by atoms with Gasteiger partial charge in [-0.3, -0.25) is 13.9 Å². The highest BCUT2D eigenvalue weighted by Crippen LogP contribution is 2.19. The highest BCUT2D eigenvalue weighted by Gasteiger charge is 2.21. The summed E-state index contributed by atoms with van der Waals surface area (Å²) in [7, 11) is -3.78. The van der Waals surface area contributed by atoms with Gasteiger partial charge >= 0.3 is 0 Å². The normalized spacial score (nSPS) is 10.9. The van der Waals surface area contributed by atoms with E-state index < -0.39 is 28.3 Å². The van der Waals surface area contributed by atoms with Crippen LogP contribution >= 0.6 is 0 Å². The summed E-state index contributed by atoms with van der Waals surface area (Å²) in [5.74, 6) is -1.42. The summed E-state index contributed by atoms with van der Waals surface area (Å²) in [5.41, 5.74) is 1.05. The summed E-state index contributed by atoms with van der Waals surface area (Å²) in [6, 6.07) is 11.3. The maximum atomic E-state index is 13.4. The Balaban J connectivity index is 2.11. The van der Waals surface area contributed by atoms with Crippen molar-refractivity contribution in [2.24, 2.45) is 0 Å². The van der Waals surface area contributed by atoms with Crippen molar-refractivity contribution in [3.05, 3.63) is 54.3 Å². The Kier molecular flexibility index (Phi) is 5.93. The second-order valence-corrected chi connectivity index (χ2v) is 7.46. The Bertz CT molecular complexity index is 914. The molecule has 0 aromatic heterocycles. The number of nitrogens with one attached hydrogen (secondary N) is 2. The fourth-order valence-corrected chi connectivity index (χ4v) is 3.05. The molecule has 0 bridgehead atoms. The predicted molar refractivity (Wildman–Crippen MR) is 98.0 cm³/mol. The molecule has 0 aliphatic carbocycles. The third-order valence-corrected chi connectivity index (χ3v) is 4.41. The van der Waals surface area contributed by atoms with Crippen molar-refractivity contribution >= 4 is 38.9 Å². The molecule has 0 heterocycles. The standard InChI is InChI=1S/C17H18FN3O4S/c1-12(22)19-14-6-8-15(9-7-14)20-17(23)11-21(26(2,24)25)16-5-3-4-13(18)10-16/h3-10H,11H2,1-2H3,(H,19,22)(H,20,23). The molecule has 0 spiro atoms. The molecule has 0 saturated carbocycles. The Labute approximate surface area is 150 Å². The molecule has 2 aromatic rings. The number of hydrogen-bond acceptors (Lipinski definition) is 4. The molecule has 0 unspecified atom stereocenters. The molecule has 2 N–H and O–H groups in total. The number of sulfonamides is 1. The second-order valence-electron chi connectivity index (χ2n) is 5.56. The molecule has 0 radical (unpaired) electrons. The van der Waals surface area contributed by atoms with E-state index in [1.807, 2.05) is 0 Å². The van der Waals surface area contributed by atoms with E-state index in [4.69, 9.17) is 0 Å². The summed E-state index contributed by atoms with van der Waals surface area (Å²) in [4.78, 5) is 23.2. The number of carbonyl (C=O) groups excluding carboxylic acids is 2. The lowest BCUT2D eigenvalue weighted by molar-refractivity contribution is -0.115. The summed E-state index contributed by atoms with van der Waals surface area (Å²) in [5, 5.41) is 5.15. The zero-order valence-corrected chi connectivity index (χ0v) is 15.0. The Morgan fingerprint density at radius 3 is 2.12 bits per heavy atom. The van der Waals surface area contributed by atoms with E-state index in [0.717, 1.165) is 16.6 Å². The number of hydrogen-bond donors (Lipinski definition) is 2. The molecule has 138 valence electrons. The van der Waals surface area contributed by atoms with Crippen molar-refractivity contribution in [1.29, 1.82) is 0 Å². The Hall–Kier alpha value is -2.94. The first kappa shape index (κ1) is 19.4. The van der Waals surface area contributed by atoms with E-state index in [9.17, 15) is 22.4 Å². The maximum absolute atomic E-state index is 13.4. The van der Waals surface area contributed by atoms with E-state index >= 15 is 0 Å². The predicted octanol–water partition coefficient (Wildman–Crippen LogP) is 2.19. The van der Waals surface area contributed by atoms with Gasteiger partial charge in [0.25, 0.3) is 0 Å². The molecule has 0 fully saturated rings. The molecule has 9 heteroatoms. The van der Waals surface area contributed by atoms with Crippen LogP contribution in [-0.2, 0) is 19.6 Å². The minimum Gasteiger partial charge on any atom is -0.326 e. The molecule has 7 nitrogen and oxygen atoms in total. The first-order chi connectivity index (χ1) is 12.1. The van der Waals surface area contributed by atoms with Gasteiger partial charge in [0.15, 0.2) is 0 Å². The lowest BCUT2D eigenvalue weighted by Gasteiger charge is -2.22. The number of benzene rings is 2. The van der Waals surface area contributed by atoms with Gasteiger partial charge in [0.1, 0.15) is 12.4 Å². The van der Waals surface area contributed by atoms with E-state index in [1.165, 1.54) is 25.1 Å². The number of amides is 2. The average molecular weight is 379 g/mol. The van der Waals surface area contributed by atoms with Crippen molar-refractivity contribution in [2.45, 2.75) is 6.92 Å². The van der Waals surface area contributed by atoms with Gasteiger partial charge in [-0.1, -0.05) is 6.07 Å². The van der Waals surface area contributed by atoms with Crippen molar-refractivity contribution in [1.82, 2.24) is 0 Å². The highest BCUT2D eigenvalue weighted by atomic mass is 32.2. The lowest BCUT2D eigenvalue weighted by atomic mass is 10.2. The number of halogens is 1. The summed E-state index contributed by atoms with van der Waals surface area (Å²) < 4.78 is 38.1. The summed E-state index contributed by atoms with van der Waals surface area (Å²) >= 11 is 0. The van der Waals surface area contributed by atoms with Gasteiger partial charge in [-0.15, -0.1) is 0 Å². The van der Waals surface area contributed by atoms with Gasteiger partial charge in [-0.25, -0.2) is 12.8 Å². The highest BCUT2D eigenvalue weighted by molar-refractivity contribution is 7.92. The molecule has 2 aromatic carbocycles. The molecule has 0 atom stereocenters. The van der Waals surface area contributed by atoms with Crippen LogP contribution in [0.3, 0.4) is 0 Å². The number of anilines is 3. The van der Waals surface area contributed by atoms with Crippen molar-refractivity contribution in [3.63, 3.8) is 0 Å². The van der Waals surface area contributed by atoms with Crippen LogP contribution in [0.25, 0.3) is 0 Å². The van der Waals surface area contributed by atoms with E-state index in [-0.39, 0.29) is 11.6 Å². The fourth-order valence-electron chi connectivity index (χ4n) is 2.20. The second kappa shape index (κ2) is 7.96. The molecule has 2 rings (SSSR count). The number of carbonyl (C=O) groups is 2. The molecule has 0 aliphatic rings. The van der Waals surface area contributed by atoms with Gasteiger partial charge in [0.05, 0.1) is 11.9 Å². The smallest absolute Gasteiger partial charge is 0.245 e. The SMILES string of the molecule is CC(=O)Nc1ccc(NC(=O)CN(c2cccc(F)c2)S(C)(=O)=O)cc1. The number of nitrogens with zero attached hydrogens (tertiary/aromatic N) is 1. The fraction of sp³-hybridized carbons (Fsp3) is 0.176. The van der Waals surface area contributed by atoms with E-state index in [0.29, 0.717) is 11.4 Å². The monoisotopic (exact) mass is 379 g/mol. The van der Waals surface area contributed by atoms with Crippen LogP contribution in [0.2, 0.25) is 0 Å². The minimum absolute atomic E-state index is 0.0589. The zero-order chi connectivity index (χ0) is 19.3. The van der Waals surface area contributed by atoms with Crippen LogP contribution in [0.4, 0.5) is 21.5 Å². The van der Waals surface area contributed by atoms with Crippen LogP contribution < -0.4 is 14.9 Å². The van der Waals surface area contributed by atoms with E-state index in [1.54, 1.807) is 24.3 Å². The topological polar surface area (TPSA) is 95.6 Å². The minimum atomic E-state index is -3.78. The average Bonchev–Trinajstić information content (AvgIpc) is 2.53. The zero-order valence-electron chi connectivity index (χ0n) is 14.2. The van der Waals surface area contributed by atoms with Crippen LogP contribution in [-0.4, -0.2) is 33.0 Å². The largest absolute Gasteiger partial charge is 0.326 e. The molecule has 26 heavy (non-hydrogen) atoms. The first-order valence-electron chi connectivity index (χ1n) is 7.56. The third-order valence-electron chi connectivity index (χ3n) is 3.27. The van der Waals surface area contributed by atoms with Gasteiger partial charge < -0.3 is 10.6 Å². The van der Waals surface area contributed by atoms with E-state index in [2.05, 4.69) is 10.6 Å². The molecular formula is C17H18FN3O4S. The lowest BCUT2D eigenvalue weighted by Crippen LogP contribution is -2.37. The van der Waals surface area contributed by atoms with Crippen molar-refractivity contribution in [3.8, 4) is 0 Å². The van der Waals surface area contributed by atoms with Crippen molar-refractivity contribution in [2.75, 3.05) is 27.7 Å². The summed E-state index contributed by atoms with van der Waals surface area (Å²) in [6.45, 7) is 0.873. The molecule has 2 amide bonds. The maximum Gasteiger partial charge on any atom is 0.245 e. The quantitative estimate of drug-likeness (QED) is 0.804. The van der Waals surface area contributed by atoms with Gasteiger partial charge in [-0.2, -0.15) is 0 Å². The van der Waals surface area contributed by atoms with Crippen LogP contribution in [0, 0.1) is 5.82 Å². The van der Waals surface area contributed by atoms with Gasteiger partial charge in [0, 0.05) is 18.3 Å². The molecule has 0 saturated heterocycles. The number of rotatable bonds is 6. The molecule has 0 aliphatic heterocycles. The van der Waals surface area contributed by atoms with Crippen LogP contribution in [0.1, 0.15) is 6.92 Å².